The molecule has 8 nitrogen and oxygen atoms in total. The van der Waals surface area contributed by atoms with Crippen molar-refractivity contribution in [2.24, 2.45) is 0 Å². The zero-order valence-corrected chi connectivity index (χ0v) is 17.5. The minimum Gasteiger partial charge on any atom is -0.339 e. The fourth-order valence-electron chi connectivity index (χ4n) is 3.21. The number of nitrogens with zero attached hydrogens (tertiary/aromatic N) is 4. The number of hydrogen-bond donors (Lipinski definition) is 2. The van der Waals surface area contributed by atoms with Crippen molar-refractivity contribution >= 4 is 17.5 Å². The highest BCUT2D eigenvalue weighted by molar-refractivity contribution is 6.39. The van der Waals surface area contributed by atoms with Gasteiger partial charge in [-0.3, -0.25) is 19.6 Å². The molecule has 4 rings (SSSR count). The van der Waals surface area contributed by atoms with Gasteiger partial charge in [0.2, 0.25) is 0 Å². The van der Waals surface area contributed by atoms with E-state index in [2.05, 4.69) is 25.7 Å². The summed E-state index contributed by atoms with van der Waals surface area (Å²) in [4.78, 5) is 33.5. The molecule has 0 saturated heterocycles. The van der Waals surface area contributed by atoms with Gasteiger partial charge in [0.05, 0.1) is 35.5 Å². The molecule has 1 aromatic carbocycles. The lowest BCUT2D eigenvalue weighted by atomic mass is 10.0. The first-order chi connectivity index (χ1) is 15.6. The molecule has 2 amide bonds. The highest BCUT2D eigenvalue weighted by atomic mass is 16.2. The van der Waals surface area contributed by atoms with E-state index in [1.54, 1.807) is 47.7 Å². The lowest BCUT2D eigenvalue weighted by Crippen LogP contribution is -2.38. The second kappa shape index (κ2) is 9.65. The standard InChI is InChI=1S/C24H22N6O2/c1-17-5-7-18(8-6-17)14-22(21-4-2-3-11-26-21)29-24(32)23(31)28-19-15-27-30(16-19)20-9-12-25-13-10-20/h2-13,15-16,22H,14H2,1H3,(H,28,31)(H,29,32). The molecule has 1 atom stereocenters. The molecule has 8 heteroatoms. The Hall–Kier alpha value is -4.33. The van der Waals surface area contributed by atoms with E-state index < -0.39 is 17.9 Å². The first kappa shape index (κ1) is 20.9. The smallest absolute Gasteiger partial charge is 0.313 e. The molecule has 0 aliphatic rings. The van der Waals surface area contributed by atoms with Crippen LogP contribution in [0.5, 0.6) is 0 Å². The van der Waals surface area contributed by atoms with E-state index in [9.17, 15) is 9.59 Å². The van der Waals surface area contributed by atoms with Crippen molar-refractivity contribution in [1.82, 2.24) is 25.1 Å². The minimum absolute atomic E-state index is 0.412. The molecule has 160 valence electrons. The molecule has 0 saturated carbocycles. The third-order valence-electron chi connectivity index (χ3n) is 4.88. The molecule has 0 radical (unpaired) electrons. The summed E-state index contributed by atoms with van der Waals surface area (Å²) >= 11 is 0. The van der Waals surface area contributed by atoms with E-state index >= 15 is 0 Å². The van der Waals surface area contributed by atoms with E-state index in [4.69, 9.17) is 0 Å². The van der Waals surface area contributed by atoms with Gasteiger partial charge in [0.15, 0.2) is 0 Å². The number of nitrogens with one attached hydrogen (secondary N) is 2. The maximum Gasteiger partial charge on any atom is 0.313 e. The molecule has 0 fully saturated rings. The predicted octanol–water partition coefficient (Wildman–Crippen LogP) is 3.01. The summed E-state index contributed by atoms with van der Waals surface area (Å²) in [6, 6.07) is 16.6. The summed E-state index contributed by atoms with van der Waals surface area (Å²) in [6.45, 7) is 2.02. The Kier molecular flexibility index (Phi) is 6.31. The summed E-state index contributed by atoms with van der Waals surface area (Å²) in [5.74, 6) is -1.52. The van der Waals surface area contributed by atoms with Crippen LogP contribution >= 0.6 is 0 Å². The Balaban J connectivity index is 1.45. The second-order valence-corrected chi connectivity index (χ2v) is 7.30. The highest BCUT2D eigenvalue weighted by Crippen LogP contribution is 2.17. The second-order valence-electron chi connectivity index (χ2n) is 7.30. The van der Waals surface area contributed by atoms with Crippen molar-refractivity contribution in [3.63, 3.8) is 0 Å². The van der Waals surface area contributed by atoms with Crippen LogP contribution in [0.3, 0.4) is 0 Å². The van der Waals surface area contributed by atoms with E-state index in [0.717, 1.165) is 16.8 Å². The molecule has 0 spiro atoms. The largest absolute Gasteiger partial charge is 0.339 e. The number of amides is 2. The molecule has 0 aliphatic carbocycles. The average molecular weight is 426 g/mol. The van der Waals surface area contributed by atoms with Crippen molar-refractivity contribution < 1.29 is 9.59 Å². The number of pyridine rings is 2. The van der Waals surface area contributed by atoms with Crippen LogP contribution in [0.25, 0.3) is 5.69 Å². The summed E-state index contributed by atoms with van der Waals surface area (Å²) in [5, 5.41) is 9.60. The third kappa shape index (κ3) is 5.23. The maximum atomic E-state index is 12.7. The fourth-order valence-corrected chi connectivity index (χ4v) is 3.21. The van der Waals surface area contributed by atoms with Gasteiger partial charge in [-0.2, -0.15) is 5.10 Å². The van der Waals surface area contributed by atoms with Gasteiger partial charge in [-0.05, 0) is 43.2 Å². The lowest BCUT2D eigenvalue weighted by molar-refractivity contribution is -0.136. The van der Waals surface area contributed by atoms with Crippen LogP contribution in [0, 0.1) is 6.92 Å². The zero-order valence-electron chi connectivity index (χ0n) is 17.5. The first-order valence-corrected chi connectivity index (χ1v) is 10.1. The van der Waals surface area contributed by atoms with Crippen LogP contribution in [0.1, 0.15) is 22.9 Å². The van der Waals surface area contributed by atoms with Gasteiger partial charge in [0.25, 0.3) is 0 Å². The third-order valence-corrected chi connectivity index (χ3v) is 4.88. The zero-order chi connectivity index (χ0) is 22.3. The van der Waals surface area contributed by atoms with Crippen LogP contribution in [0.4, 0.5) is 5.69 Å². The van der Waals surface area contributed by atoms with E-state index in [1.165, 1.54) is 6.20 Å². The molecule has 0 bridgehead atoms. The Morgan fingerprint density at radius 3 is 2.47 bits per heavy atom. The number of anilines is 1. The van der Waals surface area contributed by atoms with Crippen molar-refractivity contribution in [3.8, 4) is 5.69 Å². The number of hydrogen-bond acceptors (Lipinski definition) is 5. The normalized spacial score (nSPS) is 11.5. The van der Waals surface area contributed by atoms with Crippen LogP contribution in [0.2, 0.25) is 0 Å². The van der Waals surface area contributed by atoms with Crippen molar-refractivity contribution in [3.05, 3.63) is 102 Å². The number of carbonyl (C=O) groups excluding carboxylic acids is 2. The number of carbonyl (C=O) groups is 2. The number of benzene rings is 1. The molecule has 3 aromatic heterocycles. The fraction of sp³-hybridized carbons (Fsp3) is 0.125. The lowest BCUT2D eigenvalue weighted by Gasteiger charge is -2.18. The van der Waals surface area contributed by atoms with Crippen LogP contribution in [0.15, 0.2) is 85.6 Å². The SMILES string of the molecule is Cc1ccc(CC(NC(=O)C(=O)Nc2cnn(-c3ccncc3)c2)c2ccccn2)cc1. The Labute approximate surface area is 185 Å². The molecular formula is C24H22N6O2. The van der Waals surface area contributed by atoms with E-state index in [-0.39, 0.29) is 0 Å². The van der Waals surface area contributed by atoms with Crippen molar-refractivity contribution in [2.75, 3.05) is 5.32 Å². The van der Waals surface area contributed by atoms with Crippen LogP contribution < -0.4 is 10.6 Å². The van der Waals surface area contributed by atoms with Crippen molar-refractivity contribution in [1.29, 1.82) is 0 Å². The Morgan fingerprint density at radius 2 is 1.75 bits per heavy atom. The molecular weight excluding hydrogens is 404 g/mol. The van der Waals surface area contributed by atoms with Gasteiger partial charge in [-0.15, -0.1) is 0 Å². The van der Waals surface area contributed by atoms with Gasteiger partial charge in [-0.1, -0.05) is 35.9 Å². The summed E-state index contributed by atoms with van der Waals surface area (Å²) in [7, 11) is 0. The molecule has 1 unspecified atom stereocenters. The molecule has 2 N–H and O–H groups in total. The van der Waals surface area contributed by atoms with E-state index in [0.29, 0.717) is 17.8 Å². The average Bonchev–Trinajstić information content (AvgIpc) is 3.29. The van der Waals surface area contributed by atoms with Gasteiger partial charge in [-0.25, -0.2) is 4.68 Å². The van der Waals surface area contributed by atoms with Gasteiger partial charge >= 0.3 is 11.8 Å². The van der Waals surface area contributed by atoms with Crippen molar-refractivity contribution in [2.45, 2.75) is 19.4 Å². The quantitative estimate of drug-likeness (QED) is 0.462. The highest BCUT2D eigenvalue weighted by Gasteiger charge is 2.22. The number of aryl methyl sites for hydroxylation is 1. The monoisotopic (exact) mass is 426 g/mol. The predicted molar refractivity (Wildman–Crippen MR) is 120 cm³/mol. The maximum absolute atomic E-state index is 12.7. The minimum atomic E-state index is -0.774. The Morgan fingerprint density at radius 1 is 0.969 bits per heavy atom. The topological polar surface area (TPSA) is 102 Å². The summed E-state index contributed by atoms with van der Waals surface area (Å²) in [6.07, 6.45) is 8.58. The van der Waals surface area contributed by atoms with Gasteiger partial charge < -0.3 is 10.6 Å². The Bertz CT molecular complexity index is 1190. The summed E-state index contributed by atoms with van der Waals surface area (Å²) < 4.78 is 1.59. The molecule has 3 heterocycles. The van der Waals surface area contributed by atoms with E-state index in [1.807, 2.05) is 43.3 Å². The first-order valence-electron chi connectivity index (χ1n) is 10.1. The molecule has 4 aromatic rings. The van der Waals surface area contributed by atoms with Gasteiger partial charge in [0, 0.05) is 18.6 Å². The van der Waals surface area contributed by atoms with Gasteiger partial charge in [0.1, 0.15) is 0 Å². The molecule has 32 heavy (non-hydrogen) atoms. The summed E-state index contributed by atoms with van der Waals surface area (Å²) in [5.41, 5.74) is 4.07. The number of rotatable bonds is 6. The number of aromatic nitrogens is 4. The molecule has 0 aliphatic heterocycles. The van der Waals surface area contributed by atoms with Crippen LogP contribution in [-0.2, 0) is 16.0 Å². The van der Waals surface area contributed by atoms with Crippen LogP contribution in [-0.4, -0.2) is 31.6 Å².